The zero-order valence-electron chi connectivity index (χ0n) is 18.7. The van der Waals surface area contributed by atoms with Gasteiger partial charge >= 0.3 is 0 Å². The molecular formula is C25H23Cl2N5OS. The third-order valence-electron chi connectivity index (χ3n) is 5.16. The highest BCUT2D eigenvalue weighted by molar-refractivity contribution is 7.99. The van der Waals surface area contributed by atoms with Crippen LogP contribution in [-0.2, 0) is 11.3 Å². The molecule has 3 aromatic carbocycles. The molecule has 174 valence electrons. The van der Waals surface area contributed by atoms with Crippen molar-refractivity contribution in [3.8, 4) is 5.69 Å². The van der Waals surface area contributed by atoms with E-state index in [0.29, 0.717) is 27.6 Å². The first-order valence-corrected chi connectivity index (χ1v) is 12.3. The fourth-order valence-corrected chi connectivity index (χ4v) is 4.45. The van der Waals surface area contributed by atoms with Crippen LogP contribution in [0.15, 0.2) is 71.9 Å². The van der Waals surface area contributed by atoms with Gasteiger partial charge in [0.2, 0.25) is 5.91 Å². The van der Waals surface area contributed by atoms with Crippen molar-refractivity contribution < 1.29 is 4.79 Å². The number of halogens is 2. The number of anilines is 2. The number of nitrogens with zero attached hydrogens (tertiary/aromatic N) is 3. The Kier molecular flexibility index (Phi) is 7.77. The Balaban J connectivity index is 1.52. The highest BCUT2D eigenvalue weighted by Gasteiger charge is 2.17. The molecule has 0 saturated heterocycles. The van der Waals surface area contributed by atoms with E-state index in [1.807, 2.05) is 85.1 Å². The average molecular weight is 512 g/mol. The van der Waals surface area contributed by atoms with Crippen LogP contribution in [-0.4, -0.2) is 26.4 Å². The minimum Gasteiger partial charge on any atom is -0.378 e. The van der Waals surface area contributed by atoms with Gasteiger partial charge in [-0.2, -0.15) is 0 Å². The molecule has 0 aliphatic heterocycles. The minimum atomic E-state index is -0.103. The van der Waals surface area contributed by atoms with Crippen LogP contribution >= 0.6 is 35.0 Å². The number of hydrogen-bond donors (Lipinski definition) is 2. The van der Waals surface area contributed by atoms with Gasteiger partial charge < -0.3 is 10.6 Å². The van der Waals surface area contributed by atoms with Crippen LogP contribution in [0.1, 0.15) is 17.0 Å². The van der Waals surface area contributed by atoms with Gasteiger partial charge in [-0.1, -0.05) is 53.2 Å². The third kappa shape index (κ3) is 5.91. The van der Waals surface area contributed by atoms with Crippen LogP contribution in [0.2, 0.25) is 10.0 Å². The molecule has 4 rings (SSSR count). The standard InChI is InChI=1S/C25H23Cl2N5OS/c1-16-4-3-5-17(2)24(16)29-23(33)15-34-25-31-30-22(14-28-20-10-6-18(26)7-11-20)32(25)21-12-8-19(27)9-13-21/h3-13,28H,14-15H2,1-2H3,(H,29,33). The third-order valence-corrected chi connectivity index (χ3v) is 6.59. The van der Waals surface area contributed by atoms with Crippen LogP contribution < -0.4 is 10.6 Å². The maximum absolute atomic E-state index is 12.7. The quantitative estimate of drug-likeness (QED) is 0.263. The molecule has 0 saturated carbocycles. The van der Waals surface area contributed by atoms with Crippen LogP contribution in [0, 0.1) is 13.8 Å². The van der Waals surface area contributed by atoms with E-state index in [-0.39, 0.29) is 11.7 Å². The number of aryl methyl sites for hydroxylation is 2. The van der Waals surface area contributed by atoms with Gasteiger partial charge in [-0.25, -0.2) is 0 Å². The molecule has 1 aromatic heterocycles. The highest BCUT2D eigenvalue weighted by atomic mass is 35.5. The zero-order chi connectivity index (χ0) is 24.1. The Morgan fingerprint density at radius 1 is 0.912 bits per heavy atom. The van der Waals surface area contributed by atoms with Crippen molar-refractivity contribution in [2.75, 3.05) is 16.4 Å². The first-order valence-electron chi connectivity index (χ1n) is 10.6. The van der Waals surface area contributed by atoms with E-state index in [0.717, 1.165) is 28.2 Å². The van der Waals surface area contributed by atoms with Gasteiger partial charge in [-0.3, -0.25) is 9.36 Å². The Morgan fingerprint density at radius 3 is 2.18 bits per heavy atom. The molecule has 1 heterocycles. The molecule has 4 aromatic rings. The summed E-state index contributed by atoms with van der Waals surface area (Å²) in [4.78, 5) is 12.7. The Labute approximate surface area is 212 Å². The first-order chi connectivity index (χ1) is 16.4. The molecule has 2 N–H and O–H groups in total. The number of carbonyl (C=O) groups excluding carboxylic acids is 1. The molecule has 0 bridgehead atoms. The van der Waals surface area contributed by atoms with Crippen LogP contribution in [0.3, 0.4) is 0 Å². The van der Waals surface area contributed by atoms with E-state index in [9.17, 15) is 4.79 Å². The topological polar surface area (TPSA) is 71.8 Å². The molecule has 0 atom stereocenters. The van der Waals surface area contributed by atoms with Crippen LogP contribution in [0.5, 0.6) is 0 Å². The molecule has 9 heteroatoms. The smallest absolute Gasteiger partial charge is 0.234 e. The van der Waals surface area contributed by atoms with Crippen molar-refractivity contribution in [2.24, 2.45) is 0 Å². The molecular weight excluding hydrogens is 489 g/mol. The highest BCUT2D eigenvalue weighted by Crippen LogP contribution is 2.25. The van der Waals surface area contributed by atoms with E-state index >= 15 is 0 Å². The molecule has 6 nitrogen and oxygen atoms in total. The fourth-order valence-electron chi connectivity index (χ4n) is 3.42. The number of hydrogen-bond acceptors (Lipinski definition) is 5. The van der Waals surface area contributed by atoms with Crippen molar-refractivity contribution in [2.45, 2.75) is 25.5 Å². The molecule has 0 fully saturated rings. The number of amides is 1. The molecule has 0 spiro atoms. The van der Waals surface area contributed by atoms with Crippen molar-refractivity contribution in [1.29, 1.82) is 0 Å². The molecule has 0 aliphatic rings. The summed E-state index contributed by atoms with van der Waals surface area (Å²) in [5.41, 5.74) is 4.67. The maximum atomic E-state index is 12.7. The monoisotopic (exact) mass is 511 g/mol. The number of thioether (sulfide) groups is 1. The predicted molar refractivity (Wildman–Crippen MR) is 140 cm³/mol. The summed E-state index contributed by atoms with van der Waals surface area (Å²) in [6.45, 7) is 4.40. The molecule has 0 aliphatic carbocycles. The van der Waals surface area contributed by atoms with Gasteiger partial charge in [0.05, 0.1) is 12.3 Å². The second kappa shape index (κ2) is 11.0. The maximum Gasteiger partial charge on any atom is 0.234 e. The average Bonchev–Trinajstić information content (AvgIpc) is 3.23. The van der Waals surface area contributed by atoms with E-state index in [1.165, 1.54) is 11.8 Å². The minimum absolute atomic E-state index is 0.103. The van der Waals surface area contributed by atoms with Gasteiger partial charge in [0.1, 0.15) is 0 Å². The second-order valence-corrected chi connectivity index (χ2v) is 9.49. The van der Waals surface area contributed by atoms with Gasteiger partial charge in [-0.15, -0.1) is 10.2 Å². The van der Waals surface area contributed by atoms with E-state index < -0.39 is 0 Å². The summed E-state index contributed by atoms with van der Waals surface area (Å²) in [5.74, 6) is 0.799. The largest absolute Gasteiger partial charge is 0.378 e. The van der Waals surface area contributed by atoms with Crippen LogP contribution in [0.25, 0.3) is 5.69 Å². The Bertz CT molecular complexity index is 1270. The fraction of sp³-hybridized carbons (Fsp3) is 0.160. The summed E-state index contributed by atoms with van der Waals surface area (Å²) in [7, 11) is 0. The summed E-state index contributed by atoms with van der Waals surface area (Å²) in [5, 5.41) is 17.0. The van der Waals surface area contributed by atoms with E-state index in [4.69, 9.17) is 23.2 Å². The lowest BCUT2D eigenvalue weighted by Gasteiger charge is -2.13. The van der Waals surface area contributed by atoms with Crippen molar-refractivity contribution in [3.05, 3.63) is 93.7 Å². The lowest BCUT2D eigenvalue weighted by atomic mass is 10.1. The van der Waals surface area contributed by atoms with Crippen LogP contribution in [0.4, 0.5) is 11.4 Å². The van der Waals surface area contributed by atoms with E-state index in [2.05, 4.69) is 20.8 Å². The molecule has 0 unspecified atom stereocenters. The Hall–Kier alpha value is -3.00. The first kappa shape index (κ1) is 24.1. The number of aromatic nitrogens is 3. The second-order valence-electron chi connectivity index (χ2n) is 7.67. The summed E-state index contributed by atoms with van der Waals surface area (Å²) in [6.07, 6.45) is 0. The van der Waals surface area contributed by atoms with Crippen molar-refractivity contribution in [3.63, 3.8) is 0 Å². The van der Waals surface area contributed by atoms with Gasteiger partial charge in [-0.05, 0) is 73.5 Å². The SMILES string of the molecule is Cc1cccc(C)c1NC(=O)CSc1nnc(CNc2ccc(Cl)cc2)n1-c1ccc(Cl)cc1. The lowest BCUT2D eigenvalue weighted by Crippen LogP contribution is -2.16. The number of nitrogens with one attached hydrogen (secondary N) is 2. The number of rotatable bonds is 8. The van der Waals surface area contributed by atoms with E-state index in [1.54, 1.807) is 0 Å². The molecule has 34 heavy (non-hydrogen) atoms. The lowest BCUT2D eigenvalue weighted by molar-refractivity contribution is -0.113. The molecule has 0 radical (unpaired) electrons. The zero-order valence-corrected chi connectivity index (χ0v) is 21.0. The summed E-state index contributed by atoms with van der Waals surface area (Å²) < 4.78 is 1.93. The van der Waals surface area contributed by atoms with Gasteiger partial charge in [0.15, 0.2) is 11.0 Å². The normalized spacial score (nSPS) is 10.8. The van der Waals surface area contributed by atoms with Gasteiger partial charge in [0, 0.05) is 27.1 Å². The number of para-hydroxylation sites is 1. The predicted octanol–water partition coefficient (Wildman–Crippen LogP) is 6.53. The van der Waals surface area contributed by atoms with Crippen molar-refractivity contribution >= 4 is 52.2 Å². The summed E-state index contributed by atoms with van der Waals surface area (Å²) in [6, 6.07) is 20.8. The molecule has 1 amide bonds. The Morgan fingerprint density at radius 2 is 1.53 bits per heavy atom. The van der Waals surface area contributed by atoms with Crippen molar-refractivity contribution in [1.82, 2.24) is 14.8 Å². The number of benzene rings is 3. The number of carbonyl (C=O) groups is 1. The summed E-state index contributed by atoms with van der Waals surface area (Å²) >= 11 is 13.4. The van der Waals surface area contributed by atoms with Gasteiger partial charge in [0.25, 0.3) is 0 Å².